The van der Waals surface area contributed by atoms with Crippen molar-refractivity contribution in [2.45, 2.75) is 64.0 Å². The highest BCUT2D eigenvalue weighted by atomic mass is 35.5. The Bertz CT molecular complexity index is 1020. The molecule has 0 aromatic heterocycles. The van der Waals surface area contributed by atoms with Gasteiger partial charge in [-0.05, 0) is 56.0 Å². The largest absolute Gasteiger partial charge is 0.369 e. The molecule has 1 unspecified atom stereocenters. The first-order chi connectivity index (χ1) is 16.9. The maximum atomic E-state index is 14.3. The van der Waals surface area contributed by atoms with Gasteiger partial charge in [-0.15, -0.1) is 0 Å². The topological polar surface area (TPSA) is 49.6 Å². The molecular weight excluding hydrogens is 510 g/mol. The first kappa shape index (κ1) is 28.8. The van der Waals surface area contributed by atoms with Gasteiger partial charge in [-0.25, -0.2) is 13.2 Å². The van der Waals surface area contributed by atoms with E-state index in [9.17, 15) is 18.0 Å². The number of benzene rings is 2. The number of halogens is 5. The van der Waals surface area contributed by atoms with E-state index in [4.69, 9.17) is 28.9 Å². The number of alkyl halides is 2. The second-order valence-corrected chi connectivity index (χ2v) is 10.7. The fourth-order valence-corrected chi connectivity index (χ4v) is 5.44. The van der Waals surface area contributed by atoms with Gasteiger partial charge in [-0.3, -0.25) is 14.6 Å². The van der Waals surface area contributed by atoms with Crippen LogP contribution >= 0.6 is 23.2 Å². The van der Waals surface area contributed by atoms with Crippen LogP contribution in [0.15, 0.2) is 36.4 Å². The van der Waals surface area contributed by atoms with Gasteiger partial charge in [0.15, 0.2) is 0 Å². The molecule has 1 aliphatic heterocycles. The molecule has 36 heavy (non-hydrogen) atoms. The summed E-state index contributed by atoms with van der Waals surface area (Å²) in [7, 11) is 0. The molecule has 198 valence electrons. The van der Waals surface area contributed by atoms with Gasteiger partial charge >= 0.3 is 0 Å². The molecule has 1 saturated heterocycles. The van der Waals surface area contributed by atoms with Crippen LogP contribution in [-0.4, -0.2) is 59.9 Å². The van der Waals surface area contributed by atoms with Crippen LogP contribution in [0.1, 0.15) is 45.1 Å². The van der Waals surface area contributed by atoms with Crippen LogP contribution in [0.2, 0.25) is 10.0 Å². The zero-order chi connectivity index (χ0) is 26.5. The van der Waals surface area contributed by atoms with Crippen molar-refractivity contribution in [2.75, 3.05) is 26.2 Å². The van der Waals surface area contributed by atoms with E-state index < -0.39 is 17.6 Å². The first-order valence-corrected chi connectivity index (χ1v) is 13.1. The predicted octanol–water partition coefficient (Wildman–Crippen LogP) is 6.42. The third kappa shape index (κ3) is 8.10. The number of nitrogens with zero attached hydrogens (tertiary/aromatic N) is 2. The Hall–Kier alpha value is -1.80. The van der Waals surface area contributed by atoms with Crippen molar-refractivity contribution in [1.82, 2.24) is 9.80 Å². The number of hydrogen-bond acceptors (Lipinski definition) is 3. The molecule has 1 atom stereocenters. The van der Waals surface area contributed by atoms with Crippen LogP contribution in [0, 0.1) is 5.82 Å². The van der Waals surface area contributed by atoms with Gasteiger partial charge in [0.2, 0.25) is 11.8 Å². The molecule has 0 bridgehead atoms. The molecule has 0 spiro atoms. The highest BCUT2D eigenvalue weighted by molar-refractivity contribution is 6.35. The molecule has 2 fully saturated rings. The lowest BCUT2D eigenvalue weighted by Gasteiger charge is -2.43. The van der Waals surface area contributed by atoms with Crippen LogP contribution in [0.5, 0.6) is 0 Å². The lowest BCUT2D eigenvalue weighted by molar-refractivity contribution is -0.117. The van der Waals surface area contributed by atoms with E-state index in [0.29, 0.717) is 33.6 Å². The number of hydrogen-bond donors (Lipinski definition) is 1. The summed E-state index contributed by atoms with van der Waals surface area (Å²) < 4.78 is 41.0. The normalized spacial score (nSPS) is 20.6. The molecule has 0 radical (unpaired) electrons. The summed E-state index contributed by atoms with van der Waals surface area (Å²) in [5.41, 5.74) is 6.23. The Morgan fingerprint density at radius 3 is 2.31 bits per heavy atom. The van der Waals surface area contributed by atoms with Crippen molar-refractivity contribution in [3.05, 3.63) is 57.8 Å². The standard InChI is InChI=1S/C14H10Cl2FNO.C13H24F2N2/c15-10-4-9(5-11(16)7-10)12-3-1-2-8(14(12)17)6-13(18)19;1-11(2)16-6-8-17(9-7-16)12-4-3-5-13(14,15)10-12/h1-5,7H,6H2,(H2,18,19);11-12H,3-10H2,1-2H3. The molecule has 1 amide bonds. The van der Waals surface area contributed by atoms with Crippen molar-refractivity contribution >= 4 is 29.1 Å². The molecule has 9 heteroatoms. The number of carbonyl (C=O) groups excluding carboxylic acids is 1. The monoisotopic (exact) mass is 543 g/mol. The quantitative estimate of drug-likeness (QED) is 0.473. The third-order valence-corrected chi connectivity index (χ3v) is 7.26. The maximum Gasteiger partial charge on any atom is 0.249 e. The van der Waals surface area contributed by atoms with E-state index in [0.717, 1.165) is 32.6 Å². The van der Waals surface area contributed by atoms with Crippen LogP contribution < -0.4 is 5.73 Å². The van der Waals surface area contributed by atoms with Gasteiger partial charge in [-0.1, -0.05) is 41.4 Å². The lowest BCUT2D eigenvalue weighted by atomic mass is 9.90. The molecule has 2 aromatic carbocycles. The highest BCUT2D eigenvalue weighted by Crippen LogP contribution is 2.35. The molecule has 4 rings (SSSR count). The summed E-state index contributed by atoms with van der Waals surface area (Å²) in [5.74, 6) is -3.49. The summed E-state index contributed by atoms with van der Waals surface area (Å²) in [6, 6.07) is 10.3. The third-order valence-electron chi connectivity index (χ3n) is 6.83. The van der Waals surface area contributed by atoms with Gasteiger partial charge in [0, 0.05) is 66.7 Å². The van der Waals surface area contributed by atoms with E-state index in [1.165, 1.54) is 6.07 Å². The van der Waals surface area contributed by atoms with Crippen LogP contribution in [-0.2, 0) is 11.2 Å². The molecule has 1 saturated carbocycles. The zero-order valence-electron chi connectivity index (χ0n) is 20.8. The molecule has 1 aliphatic carbocycles. The number of nitrogens with two attached hydrogens (primary N) is 1. The number of rotatable bonds is 5. The van der Waals surface area contributed by atoms with E-state index in [1.807, 2.05) is 0 Å². The second-order valence-electron chi connectivity index (χ2n) is 9.85. The van der Waals surface area contributed by atoms with E-state index in [-0.39, 0.29) is 30.9 Å². The van der Waals surface area contributed by atoms with E-state index >= 15 is 0 Å². The van der Waals surface area contributed by atoms with Crippen molar-refractivity contribution < 1.29 is 18.0 Å². The summed E-state index contributed by atoms with van der Waals surface area (Å²) in [4.78, 5) is 15.6. The van der Waals surface area contributed by atoms with Crippen molar-refractivity contribution in [1.29, 1.82) is 0 Å². The summed E-state index contributed by atoms with van der Waals surface area (Å²) in [6.07, 6.45) is 1.66. The average molecular weight is 544 g/mol. The molecule has 1 heterocycles. The number of piperazine rings is 1. The van der Waals surface area contributed by atoms with E-state index in [2.05, 4.69) is 23.6 Å². The molecule has 4 nitrogen and oxygen atoms in total. The fraction of sp³-hybridized carbons (Fsp3) is 0.519. The van der Waals surface area contributed by atoms with E-state index in [1.54, 1.807) is 30.3 Å². The fourth-order valence-electron chi connectivity index (χ4n) is 4.91. The van der Waals surface area contributed by atoms with Crippen LogP contribution in [0.4, 0.5) is 13.2 Å². The molecule has 2 aliphatic rings. The number of primary amides is 1. The van der Waals surface area contributed by atoms with Crippen molar-refractivity contribution in [3.63, 3.8) is 0 Å². The second kappa shape index (κ2) is 12.6. The van der Waals surface area contributed by atoms with Gasteiger partial charge in [-0.2, -0.15) is 0 Å². The molecular formula is C27H34Cl2F3N3O. The Labute approximate surface area is 221 Å². The lowest BCUT2D eigenvalue weighted by Crippen LogP contribution is -2.53. The van der Waals surface area contributed by atoms with Crippen molar-refractivity contribution in [2.24, 2.45) is 5.73 Å². The Balaban J connectivity index is 0.000000202. The van der Waals surface area contributed by atoms with Gasteiger partial charge in [0.25, 0.3) is 0 Å². The summed E-state index contributed by atoms with van der Waals surface area (Å²) >= 11 is 11.8. The maximum absolute atomic E-state index is 14.3. The zero-order valence-corrected chi connectivity index (χ0v) is 22.3. The van der Waals surface area contributed by atoms with Gasteiger partial charge in [0.1, 0.15) is 5.82 Å². The first-order valence-electron chi connectivity index (χ1n) is 12.3. The minimum Gasteiger partial charge on any atom is -0.369 e. The average Bonchev–Trinajstić information content (AvgIpc) is 2.79. The van der Waals surface area contributed by atoms with Crippen LogP contribution in [0.25, 0.3) is 11.1 Å². The molecule has 2 aromatic rings. The smallest absolute Gasteiger partial charge is 0.249 e. The minimum absolute atomic E-state index is 0.0781. The Kier molecular flexibility index (Phi) is 10.1. The van der Waals surface area contributed by atoms with Crippen LogP contribution in [0.3, 0.4) is 0 Å². The number of carbonyl (C=O) groups is 1. The highest BCUT2D eigenvalue weighted by Gasteiger charge is 2.39. The summed E-state index contributed by atoms with van der Waals surface area (Å²) in [6.45, 7) is 8.37. The number of amides is 1. The Morgan fingerprint density at radius 2 is 1.75 bits per heavy atom. The Morgan fingerprint density at radius 1 is 1.11 bits per heavy atom. The molecule has 2 N–H and O–H groups in total. The summed E-state index contributed by atoms with van der Waals surface area (Å²) in [5, 5.41) is 0.837. The van der Waals surface area contributed by atoms with Gasteiger partial charge < -0.3 is 5.73 Å². The van der Waals surface area contributed by atoms with Crippen molar-refractivity contribution in [3.8, 4) is 11.1 Å². The SMILES string of the molecule is CC(C)N1CCN(C2CCCC(F)(F)C2)CC1.NC(=O)Cc1cccc(-c2cc(Cl)cc(Cl)c2)c1F. The predicted molar refractivity (Wildman–Crippen MR) is 140 cm³/mol. The minimum atomic E-state index is -2.42. The van der Waals surface area contributed by atoms with Gasteiger partial charge in [0.05, 0.1) is 6.42 Å².